The highest BCUT2D eigenvalue weighted by Gasteiger charge is 2.33. The molecule has 0 bridgehead atoms. The Balaban J connectivity index is 4.76. The second-order valence-electron chi connectivity index (χ2n) is 3.75. The first-order valence-corrected chi connectivity index (χ1v) is 8.04. The number of rotatable bonds is 9. The van der Waals surface area contributed by atoms with Crippen LogP contribution in [-0.4, -0.2) is 62.2 Å². The van der Waals surface area contributed by atoms with Crippen LogP contribution in [0.4, 0.5) is 0 Å². The lowest BCUT2D eigenvalue weighted by Crippen LogP contribution is -2.54. The molecule has 3 atom stereocenters. The van der Waals surface area contributed by atoms with Crippen LogP contribution in [0.25, 0.3) is 0 Å². The average molecular weight is 297 g/mol. The maximum absolute atomic E-state index is 11.1. The van der Waals surface area contributed by atoms with Crippen molar-refractivity contribution in [2.45, 2.75) is 43.6 Å². The number of hydrogen-bond donors (Lipinski definition) is 4. The van der Waals surface area contributed by atoms with E-state index in [0.29, 0.717) is 0 Å². The molecule has 0 aromatic carbocycles. The van der Waals surface area contributed by atoms with E-state index in [-0.39, 0.29) is 10.5 Å². The van der Waals surface area contributed by atoms with Crippen LogP contribution in [0.2, 0.25) is 0 Å². The Labute approximate surface area is 117 Å². The summed E-state index contributed by atoms with van der Waals surface area (Å²) in [5, 5.41) is 31.4. The highest BCUT2D eigenvalue weighted by Crippen LogP contribution is 2.28. The van der Waals surface area contributed by atoms with Gasteiger partial charge >= 0.3 is 0 Å². The maximum Gasteiger partial charge on any atom is 0.217 e. The molecule has 0 saturated carbocycles. The van der Waals surface area contributed by atoms with E-state index in [1.807, 2.05) is 13.8 Å². The summed E-state index contributed by atoms with van der Waals surface area (Å²) in [6.07, 6.45) is -2.08. The summed E-state index contributed by atoms with van der Waals surface area (Å²) >= 11 is 3.12. The van der Waals surface area contributed by atoms with Gasteiger partial charge in [-0.25, -0.2) is 0 Å². The van der Waals surface area contributed by atoms with Crippen LogP contribution in [0.15, 0.2) is 0 Å². The summed E-state index contributed by atoms with van der Waals surface area (Å²) in [6.45, 7) is 4.79. The van der Waals surface area contributed by atoms with E-state index in [4.69, 9.17) is 5.11 Å². The molecule has 0 aliphatic heterocycles. The van der Waals surface area contributed by atoms with Crippen molar-refractivity contribution in [2.24, 2.45) is 0 Å². The van der Waals surface area contributed by atoms with E-state index in [2.05, 4.69) is 5.32 Å². The van der Waals surface area contributed by atoms with Crippen LogP contribution in [0.1, 0.15) is 20.8 Å². The van der Waals surface area contributed by atoms with Crippen molar-refractivity contribution in [2.75, 3.05) is 18.1 Å². The molecule has 0 saturated heterocycles. The summed E-state index contributed by atoms with van der Waals surface area (Å²) in [5.74, 6) is 1.32. The van der Waals surface area contributed by atoms with Gasteiger partial charge in [0.15, 0.2) is 0 Å². The zero-order valence-corrected chi connectivity index (χ0v) is 12.6. The monoisotopic (exact) mass is 297 g/mol. The second kappa shape index (κ2) is 9.91. The predicted molar refractivity (Wildman–Crippen MR) is 76.8 cm³/mol. The average Bonchev–Trinajstić information content (AvgIpc) is 2.33. The van der Waals surface area contributed by atoms with Gasteiger partial charge in [-0.1, -0.05) is 13.8 Å². The third-order valence-electron chi connectivity index (χ3n) is 2.28. The number of amides is 1. The normalized spacial score (nSPS) is 16.4. The molecule has 0 rings (SSSR count). The third-order valence-corrected chi connectivity index (χ3v) is 4.98. The molecule has 0 radical (unpaired) electrons. The minimum Gasteiger partial charge on any atom is -0.394 e. The number of nitrogens with one attached hydrogen (secondary N) is 1. The SMILES string of the molecule is CCSC(SCC)[C@H](O)[C@H](NC(C)=O)[C@H](O)CO. The van der Waals surface area contributed by atoms with Crippen LogP contribution < -0.4 is 5.32 Å². The van der Waals surface area contributed by atoms with E-state index in [9.17, 15) is 15.0 Å². The summed E-state index contributed by atoms with van der Waals surface area (Å²) in [4.78, 5) is 11.1. The smallest absolute Gasteiger partial charge is 0.217 e. The Morgan fingerprint density at radius 2 is 1.72 bits per heavy atom. The van der Waals surface area contributed by atoms with Crippen LogP contribution >= 0.6 is 23.5 Å². The molecule has 0 unspecified atom stereocenters. The molecule has 7 heteroatoms. The van der Waals surface area contributed by atoms with Gasteiger partial charge in [0.2, 0.25) is 5.91 Å². The zero-order valence-electron chi connectivity index (χ0n) is 11.0. The lowest BCUT2D eigenvalue weighted by Gasteiger charge is -2.31. The van der Waals surface area contributed by atoms with E-state index < -0.39 is 24.9 Å². The van der Waals surface area contributed by atoms with E-state index in [1.165, 1.54) is 6.92 Å². The first-order valence-electron chi connectivity index (χ1n) is 5.95. The highest BCUT2D eigenvalue weighted by atomic mass is 32.2. The molecule has 0 aromatic heterocycles. The molecule has 0 spiro atoms. The van der Waals surface area contributed by atoms with Gasteiger partial charge in [0.1, 0.15) is 0 Å². The molecule has 18 heavy (non-hydrogen) atoms. The topological polar surface area (TPSA) is 89.8 Å². The Kier molecular flexibility index (Phi) is 9.94. The van der Waals surface area contributed by atoms with Crippen LogP contribution in [0, 0.1) is 0 Å². The second-order valence-corrected chi connectivity index (χ2v) is 6.88. The van der Waals surface area contributed by atoms with Gasteiger partial charge in [-0.05, 0) is 11.5 Å². The molecule has 108 valence electrons. The summed E-state index contributed by atoms with van der Waals surface area (Å²) in [7, 11) is 0. The van der Waals surface area contributed by atoms with E-state index in [0.717, 1.165) is 11.5 Å². The minimum atomic E-state index is -1.17. The molecule has 4 N–H and O–H groups in total. The van der Waals surface area contributed by atoms with Crippen LogP contribution in [0.5, 0.6) is 0 Å². The lowest BCUT2D eigenvalue weighted by molar-refractivity contribution is -0.122. The largest absolute Gasteiger partial charge is 0.394 e. The van der Waals surface area contributed by atoms with Gasteiger partial charge in [0.05, 0.1) is 29.4 Å². The number of aliphatic hydroxyl groups excluding tert-OH is 3. The first-order chi connectivity index (χ1) is 8.47. The van der Waals surface area contributed by atoms with Gasteiger partial charge in [-0.2, -0.15) is 0 Å². The number of thioether (sulfide) groups is 2. The molecule has 0 aromatic rings. The number of carbonyl (C=O) groups is 1. The number of hydrogen-bond acceptors (Lipinski definition) is 6. The number of aliphatic hydroxyl groups is 3. The van der Waals surface area contributed by atoms with Crippen molar-refractivity contribution in [3.63, 3.8) is 0 Å². The first kappa shape index (κ1) is 18.0. The quantitative estimate of drug-likeness (QED) is 0.449. The van der Waals surface area contributed by atoms with Crippen molar-refractivity contribution >= 4 is 29.4 Å². The maximum atomic E-state index is 11.1. The summed E-state index contributed by atoms with van der Waals surface area (Å²) in [6, 6.07) is -0.851. The number of carbonyl (C=O) groups excluding carboxylic acids is 1. The lowest BCUT2D eigenvalue weighted by atomic mass is 10.1. The Hall–Kier alpha value is 0.0500. The van der Waals surface area contributed by atoms with Crippen molar-refractivity contribution in [3.8, 4) is 0 Å². The molecule has 5 nitrogen and oxygen atoms in total. The fourth-order valence-electron chi connectivity index (χ4n) is 1.50. The molecular formula is C11H23NO4S2. The fourth-order valence-corrected chi connectivity index (χ4v) is 4.09. The molecule has 0 fully saturated rings. The van der Waals surface area contributed by atoms with Gasteiger partial charge < -0.3 is 20.6 Å². The summed E-state index contributed by atoms with van der Waals surface area (Å²) < 4.78 is -0.141. The van der Waals surface area contributed by atoms with Crippen molar-refractivity contribution in [1.29, 1.82) is 0 Å². The third kappa shape index (κ3) is 6.29. The highest BCUT2D eigenvalue weighted by molar-refractivity contribution is 8.17. The van der Waals surface area contributed by atoms with Gasteiger partial charge in [-0.15, -0.1) is 23.5 Å². The Bertz CT molecular complexity index is 237. The van der Waals surface area contributed by atoms with Crippen molar-refractivity contribution in [1.82, 2.24) is 5.32 Å². The van der Waals surface area contributed by atoms with E-state index in [1.54, 1.807) is 23.5 Å². The summed E-state index contributed by atoms with van der Waals surface area (Å²) in [5.41, 5.74) is 0. The van der Waals surface area contributed by atoms with Crippen molar-refractivity contribution < 1.29 is 20.1 Å². The fraction of sp³-hybridized carbons (Fsp3) is 0.909. The molecule has 0 heterocycles. The Morgan fingerprint density at radius 1 is 1.22 bits per heavy atom. The molecule has 0 aliphatic rings. The molecule has 0 aliphatic carbocycles. The Morgan fingerprint density at radius 3 is 2.06 bits per heavy atom. The van der Waals surface area contributed by atoms with E-state index >= 15 is 0 Å². The van der Waals surface area contributed by atoms with Crippen LogP contribution in [0.3, 0.4) is 0 Å². The van der Waals surface area contributed by atoms with Gasteiger partial charge in [0.25, 0.3) is 0 Å². The predicted octanol–water partition coefficient (Wildman–Crippen LogP) is 0.0375. The van der Waals surface area contributed by atoms with Gasteiger partial charge in [0, 0.05) is 6.92 Å². The zero-order chi connectivity index (χ0) is 14.1. The van der Waals surface area contributed by atoms with Gasteiger partial charge in [-0.3, -0.25) is 4.79 Å². The standard InChI is InChI=1S/C11H23NO4S2/c1-4-17-11(18-5-2)10(16)9(8(15)6-13)12-7(3)14/h8-11,13,15-16H,4-6H2,1-3H3,(H,12,14)/t8-,9-,10-/m1/s1. The molecular weight excluding hydrogens is 274 g/mol. The van der Waals surface area contributed by atoms with Crippen molar-refractivity contribution in [3.05, 3.63) is 0 Å². The van der Waals surface area contributed by atoms with Crippen LogP contribution in [-0.2, 0) is 4.79 Å². The minimum absolute atomic E-state index is 0.141. The molecule has 1 amide bonds.